The molecule has 4 rings (SSSR count). The van der Waals surface area contributed by atoms with Crippen molar-refractivity contribution in [1.82, 2.24) is 19.7 Å². The normalized spacial score (nSPS) is 22.7. The Morgan fingerprint density at radius 1 is 1.30 bits per heavy atom. The van der Waals surface area contributed by atoms with Crippen molar-refractivity contribution in [2.75, 3.05) is 19.7 Å². The van der Waals surface area contributed by atoms with Gasteiger partial charge in [-0.3, -0.25) is 14.5 Å². The second kappa shape index (κ2) is 10.3. The number of rotatable bonds is 4. The number of carbonyl (C=O) groups excluding carboxylic acids is 1. The van der Waals surface area contributed by atoms with Gasteiger partial charge in [-0.05, 0) is 31.0 Å². The molecule has 2 fully saturated rings. The Balaban J connectivity index is 0.000000383. The Kier molecular flexibility index (Phi) is 7.69. The number of carboxylic acids is 1. The van der Waals surface area contributed by atoms with Crippen molar-refractivity contribution in [2.24, 2.45) is 7.05 Å². The quantitative estimate of drug-likeness (QED) is 0.732. The van der Waals surface area contributed by atoms with E-state index in [1.54, 1.807) is 30.2 Å². The molecule has 2 saturated heterocycles. The zero-order chi connectivity index (χ0) is 24.1. The molecule has 2 atom stereocenters. The van der Waals surface area contributed by atoms with Gasteiger partial charge in [-0.1, -0.05) is 6.07 Å². The number of nitrogens with zero attached hydrogens (tertiary/aromatic N) is 4. The largest absolute Gasteiger partial charge is 0.490 e. The fraction of sp³-hybridized carbons (Fsp3) is 0.524. The van der Waals surface area contributed by atoms with E-state index in [1.165, 1.54) is 0 Å². The van der Waals surface area contributed by atoms with E-state index < -0.39 is 12.1 Å². The number of piperidine rings is 1. The summed E-state index contributed by atoms with van der Waals surface area (Å²) in [6.07, 6.45) is 1.11. The fourth-order valence-electron chi connectivity index (χ4n) is 3.90. The van der Waals surface area contributed by atoms with Crippen LogP contribution in [-0.4, -0.2) is 74.2 Å². The summed E-state index contributed by atoms with van der Waals surface area (Å²) < 4.78 is 45.5. The minimum atomic E-state index is -5.08. The molecular weight excluding hydrogens is 445 g/mol. The number of ether oxygens (including phenoxy) is 2. The lowest BCUT2D eigenvalue weighted by Gasteiger charge is -2.39. The van der Waals surface area contributed by atoms with Crippen LogP contribution in [0.4, 0.5) is 13.2 Å². The molecule has 9 nitrogen and oxygen atoms in total. The van der Waals surface area contributed by atoms with Crippen LogP contribution in [0.2, 0.25) is 0 Å². The lowest BCUT2D eigenvalue weighted by Crippen LogP contribution is -2.50. The van der Waals surface area contributed by atoms with E-state index in [0.717, 1.165) is 31.5 Å². The Morgan fingerprint density at radius 3 is 2.67 bits per heavy atom. The Morgan fingerprint density at radius 2 is 2.06 bits per heavy atom. The smallest absolute Gasteiger partial charge is 0.475 e. The van der Waals surface area contributed by atoms with Gasteiger partial charge < -0.3 is 19.5 Å². The summed E-state index contributed by atoms with van der Waals surface area (Å²) in [5, 5.41) is 11.2. The summed E-state index contributed by atoms with van der Waals surface area (Å²) in [6, 6.07) is 7.58. The van der Waals surface area contributed by atoms with Crippen LogP contribution >= 0.6 is 0 Å². The van der Waals surface area contributed by atoms with Crippen LogP contribution in [0.1, 0.15) is 35.4 Å². The van der Waals surface area contributed by atoms with Gasteiger partial charge in [-0.25, -0.2) is 4.79 Å². The van der Waals surface area contributed by atoms with Crippen molar-refractivity contribution >= 4 is 11.9 Å². The molecule has 0 bridgehead atoms. The maximum atomic E-state index is 12.8. The highest BCUT2D eigenvalue weighted by atomic mass is 19.4. The van der Waals surface area contributed by atoms with Crippen LogP contribution < -0.4 is 0 Å². The molecule has 0 aromatic carbocycles. The molecular formula is C21H25F3N4O5. The third-order valence-corrected chi connectivity index (χ3v) is 5.48. The topological polar surface area (TPSA) is 107 Å². The maximum Gasteiger partial charge on any atom is 0.490 e. The molecule has 4 heterocycles. The highest BCUT2D eigenvalue weighted by Gasteiger charge is 2.45. The highest BCUT2D eigenvalue weighted by molar-refractivity contribution is 5.92. The Hall–Kier alpha value is -2.99. The van der Waals surface area contributed by atoms with E-state index >= 15 is 0 Å². The second-order valence-corrected chi connectivity index (χ2v) is 7.93. The molecule has 1 amide bonds. The van der Waals surface area contributed by atoms with E-state index in [2.05, 4.69) is 10.1 Å². The SMILES string of the molecule is Cn1nccc1C(=O)N1CCC[C@]2(C[C@H](OCc3ccccn3)CO2)C1.O=C(O)C(F)(F)F. The lowest BCUT2D eigenvalue weighted by atomic mass is 9.89. The molecule has 2 aromatic rings. The van der Waals surface area contributed by atoms with Crippen molar-refractivity contribution in [1.29, 1.82) is 0 Å². The van der Waals surface area contributed by atoms with Crippen LogP contribution in [0.25, 0.3) is 0 Å². The van der Waals surface area contributed by atoms with Crippen molar-refractivity contribution < 1.29 is 37.3 Å². The van der Waals surface area contributed by atoms with Crippen LogP contribution in [0, 0.1) is 0 Å². The molecule has 2 aliphatic heterocycles. The zero-order valence-electron chi connectivity index (χ0n) is 18.0. The number of hydrogen-bond donors (Lipinski definition) is 1. The van der Waals surface area contributed by atoms with E-state index in [1.807, 2.05) is 23.1 Å². The van der Waals surface area contributed by atoms with Gasteiger partial charge in [0.2, 0.25) is 0 Å². The number of pyridine rings is 1. The third-order valence-electron chi connectivity index (χ3n) is 5.48. The standard InChI is InChI=1S/C19H24N4O3.C2HF3O2/c1-22-17(6-9-21-22)18(24)23-10-4-7-19(14-23)11-16(13-26-19)25-12-15-5-2-3-8-20-15;3-2(4,5)1(6)7/h2-3,5-6,8-9,16H,4,7,10-14H2,1H3;(H,6,7)/t16-,19-;/m0./s1. The Bertz CT molecular complexity index is 953. The number of alkyl halides is 3. The number of amides is 1. The van der Waals surface area contributed by atoms with E-state index in [-0.39, 0.29) is 17.6 Å². The van der Waals surface area contributed by atoms with Crippen molar-refractivity contribution in [3.05, 3.63) is 48.0 Å². The first kappa shape index (κ1) is 24.6. The van der Waals surface area contributed by atoms with Crippen LogP contribution in [0.5, 0.6) is 0 Å². The van der Waals surface area contributed by atoms with Gasteiger partial charge in [0.25, 0.3) is 5.91 Å². The molecule has 2 aromatic heterocycles. The number of hydrogen-bond acceptors (Lipinski definition) is 6. The average molecular weight is 470 g/mol. The minimum absolute atomic E-state index is 0.0190. The monoisotopic (exact) mass is 470 g/mol. The van der Waals surface area contributed by atoms with Gasteiger partial charge in [0.15, 0.2) is 0 Å². The molecule has 0 aliphatic carbocycles. The van der Waals surface area contributed by atoms with Gasteiger partial charge >= 0.3 is 12.1 Å². The van der Waals surface area contributed by atoms with E-state index in [9.17, 15) is 18.0 Å². The molecule has 0 unspecified atom stereocenters. The summed E-state index contributed by atoms with van der Waals surface area (Å²) in [4.78, 5) is 27.9. The predicted octanol–water partition coefficient (Wildman–Crippen LogP) is 2.43. The fourth-order valence-corrected chi connectivity index (χ4v) is 3.90. The molecule has 12 heteroatoms. The zero-order valence-corrected chi connectivity index (χ0v) is 18.0. The molecule has 180 valence electrons. The summed E-state index contributed by atoms with van der Waals surface area (Å²) >= 11 is 0. The van der Waals surface area contributed by atoms with E-state index in [4.69, 9.17) is 19.4 Å². The lowest BCUT2D eigenvalue weighted by molar-refractivity contribution is -0.192. The first-order chi connectivity index (χ1) is 15.6. The van der Waals surface area contributed by atoms with Crippen LogP contribution in [0.3, 0.4) is 0 Å². The summed E-state index contributed by atoms with van der Waals surface area (Å²) in [6.45, 7) is 2.43. The van der Waals surface area contributed by atoms with Crippen molar-refractivity contribution in [3.8, 4) is 0 Å². The molecule has 1 spiro atoms. The number of halogens is 3. The molecule has 33 heavy (non-hydrogen) atoms. The summed E-state index contributed by atoms with van der Waals surface area (Å²) in [5.74, 6) is -2.74. The van der Waals surface area contributed by atoms with E-state index in [0.29, 0.717) is 25.5 Å². The Labute approximate surface area is 188 Å². The van der Waals surface area contributed by atoms with Crippen LogP contribution in [-0.2, 0) is 27.9 Å². The van der Waals surface area contributed by atoms with Gasteiger partial charge in [-0.15, -0.1) is 0 Å². The van der Waals surface area contributed by atoms with Gasteiger partial charge in [0.1, 0.15) is 5.69 Å². The molecule has 0 saturated carbocycles. The second-order valence-electron chi connectivity index (χ2n) is 7.93. The summed E-state index contributed by atoms with van der Waals surface area (Å²) in [7, 11) is 1.79. The molecule has 2 aliphatic rings. The first-order valence-corrected chi connectivity index (χ1v) is 10.3. The predicted molar refractivity (Wildman–Crippen MR) is 108 cm³/mol. The number of aliphatic carboxylic acids is 1. The number of likely N-dealkylation sites (tertiary alicyclic amines) is 1. The number of carbonyl (C=O) groups is 2. The first-order valence-electron chi connectivity index (χ1n) is 10.3. The minimum Gasteiger partial charge on any atom is -0.475 e. The van der Waals surface area contributed by atoms with Crippen LogP contribution in [0.15, 0.2) is 36.7 Å². The summed E-state index contributed by atoms with van der Waals surface area (Å²) in [5.41, 5.74) is 1.24. The average Bonchev–Trinajstić information content (AvgIpc) is 3.38. The highest BCUT2D eigenvalue weighted by Crippen LogP contribution is 2.36. The van der Waals surface area contributed by atoms with Crippen molar-refractivity contribution in [3.63, 3.8) is 0 Å². The van der Waals surface area contributed by atoms with Crippen molar-refractivity contribution in [2.45, 2.75) is 43.8 Å². The number of aryl methyl sites for hydroxylation is 1. The van der Waals surface area contributed by atoms with Gasteiger partial charge in [0, 0.05) is 32.4 Å². The van der Waals surface area contributed by atoms with Gasteiger partial charge in [-0.2, -0.15) is 18.3 Å². The van der Waals surface area contributed by atoms with Gasteiger partial charge in [0.05, 0.1) is 37.2 Å². The maximum absolute atomic E-state index is 12.8. The number of aromatic nitrogens is 3. The third kappa shape index (κ3) is 6.51. The molecule has 1 N–H and O–H groups in total. The molecule has 0 radical (unpaired) electrons. The number of carboxylic acid groups (broad SMARTS) is 1.